The van der Waals surface area contributed by atoms with Crippen molar-refractivity contribution in [2.45, 2.75) is 25.9 Å². The maximum Gasteiger partial charge on any atom is 0.214 e. The molecular weight excluding hydrogens is 307 g/mol. The molecule has 3 heterocycles. The molecule has 0 N–H and O–H groups in total. The predicted molar refractivity (Wildman–Crippen MR) is 85.8 cm³/mol. The number of pyridine rings is 2. The molecular formula is C18H15FN4O. The molecule has 4 rings (SSSR count). The summed E-state index contributed by atoms with van der Waals surface area (Å²) in [5, 5.41) is 0. The molecule has 0 bridgehead atoms. The monoisotopic (exact) mass is 322 g/mol. The largest absolute Gasteiger partial charge is 0.471 e. The van der Waals surface area contributed by atoms with Crippen LogP contribution in [0.2, 0.25) is 0 Å². The first-order chi connectivity index (χ1) is 11.8. The number of nitrogens with zero attached hydrogens (tertiary/aromatic N) is 4. The van der Waals surface area contributed by atoms with Gasteiger partial charge in [-0.1, -0.05) is 0 Å². The Morgan fingerprint density at radius 3 is 2.75 bits per heavy atom. The van der Waals surface area contributed by atoms with Gasteiger partial charge in [0.05, 0.1) is 11.9 Å². The van der Waals surface area contributed by atoms with E-state index >= 15 is 0 Å². The summed E-state index contributed by atoms with van der Waals surface area (Å²) in [4.78, 5) is 16.8. The van der Waals surface area contributed by atoms with Crippen LogP contribution in [0.1, 0.15) is 23.4 Å². The van der Waals surface area contributed by atoms with E-state index in [9.17, 15) is 4.39 Å². The van der Waals surface area contributed by atoms with Gasteiger partial charge in [0.25, 0.3) is 0 Å². The first-order valence-electron chi connectivity index (χ1n) is 7.81. The van der Waals surface area contributed by atoms with Gasteiger partial charge in [-0.15, -0.1) is 0 Å². The molecule has 0 atom stereocenters. The summed E-state index contributed by atoms with van der Waals surface area (Å²) in [5.74, 6) is 0.182. The summed E-state index contributed by atoms with van der Waals surface area (Å²) >= 11 is 0. The predicted octanol–water partition coefficient (Wildman–Crippen LogP) is 3.14. The molecule has 3 aromatic rings. The number of hydrogen-bond acceptors (Lipinski definition) is 5. The van der Waals surface area contributed by atoms with Crippen LogP contribution in [0.4, 0.5) is 4.39 Å². The molecule has 0 amide bonds. The quantitative estimate of drug-likeness (QED) is 0.738. The van der Waals surface area contributed by atoms with E-state index in [1.54, 1.807) is 18.5 Å². The zero-order valence-corrected chi connectivity index (χ0v) is 12.9. The van der Waals surface area contributed by atoms with Crippen molar-refractivity contribution in [1.29, 1.82) is 0 Å². The number of aryl methyl sites for hydroxylation is 1. The minimum Gasteiger partial charge on any atom is -0.471 e. The van der Waals surface area contributed by atoms with Gasteiger partial charge in [-0.25, -0.2) is 19.3 Å². The van der Waals surface area contributed by atoms with Crippen LogP contribution >= 0.6 is 0 Å². The maximum absolute atomic E-state index is 12.9. The zero-order chi connectivity index (χ0) is 16.4. The van der Waals surface area contributed by atoms with Crippen LogP contribution < -0.4 is 4.74 Å². The third-order valence-electron chi connectivity index (χ3n) is 4.05. The summed E-state index contributed by atoms with van der Waals surface area (Å²) in [6, 6.07) is 4.90. The van der Waals surface area contributed by atoms with Crippen molar-refractivity contribution in [3.8, 4) is 17.0 Å². The lowest BCUT2D eigenvalue weighted by molar-refractivity contribution is 0.288. The van der Waals surface area contributed by atoms with E-state index in [0.717, 1.165) is 36.1 Å². The highest BCUT2D eigenvalue weighted by Gasteiger charge is 2.19. The molecule has 3 aromatic heterocycles. The number of fused-ring (bicyclic) bond motifs is 1. The van der Waals surface area contributed by atoms with Crippen molar-refractivity contribution in [1.82, 2.24) is 19.9 Å². The Bertz CT molecular complexity index is 853. The zero-order valence-electron chi connectivity index (χ0n) is 12.9. The second-order valence-corrected chi connectivity index (χ2v) is 5.67. The van der Waals surface area contributed by atoms with Gasteiger partial charge in [0.2, 0.25) is 5.88 Å². The van der Waals surface area contributed by atoms with Gasteiger partial charge in [-0.3, -0.25) is 4.98 Å². The molecule has 1 aliphatic carbocycles. The van der Waals surface area contributed by atoms with Crippen molar-refractivity contribution in [2.24, 2.45) is 0 Å². The number of aromatic nitrogens is 4. The van der Waals surface area contributed by atoms with E-state index in [-0.39, 0.29) is 12.4 Å². The SMILES string of the molecule is Fc1ccc(COc2cc(-c3cncnc3)c3c(n2)CCC3)nc1. The van der Waals surface area contributed by atoms with Crippen LogP contribution in [0.5, 0.6) is 5.88 Å². The molecule has 0 spiro atoms. The Hall–Kier alpha value is -2.89. The summed E-state index contributed by atoms with van der Waals surface area (Å²) in [5.41, 5.74) is 5.00. The lowest BCUT2D eigenvalue weighted by atomic mass is 10.0. The van der Waals surface area contributed by atoms with E-state index in [4.69, 9.17) is 4.74 Å². The Kier molecular flexibility index (Phi) is 3.86. The fraction of sp³-hybridized carbons (Fsp3) is 0.222. The van der Waals surface area contributed by atoms with Crippen LogP contribution in [0.3, 0.4) is 0 Å². The Morgan fingerprint density at radius 1 is 1.08 bits per heavy atom. The van der Waals surface area contributed by atoms with Gasteiger partial charge < -0.3 is 4.74 Å². The van der Waals surface area contributed by atoms with E-state index in [0.29, 0.717) is 11.6 Å². The molecule has 120 valence electrons. The highest BCUT2D eigenvalue weighted by Crippen LogP contribution is 2.33. The number of ether oxygens (including phenoxy) is 1. The average molecular weight is 322 g/mol. The van der Waals surface area contributed by atoms with Crippen molar-refractivity contribution < 1.29 is 9.13 Å². The first-order valence-corrected chi connectivity index (χ1v) is 7.81. The van der Waals surface area contributed by atoms with Crippen LogP contribution in [0, 0.1) is 5.82 Å². The smallest absolute Gasteiger partial charge is 0.214 e. The second kappa shape index (κ2) is 6.31. The second-order valence-electron chi connectivity index (χ2n) is 5.67. The summed E-state index contributed by atoms with van der Waals surface area (Å²) in [7, 11) is 0. The molecule has 1 aliphatic rings. The number of hydrogen-bond donors (Lipinski definition) is 0. The van der Waals surface area contributed by atoms with Crippen LogP contribution in [-0.2, 0) is 19.4 Å². The molecule has 24 heavy (non-hydrogen) atoms. The highest BCUT2D eigenvalue weighted by molar-refractivity contribution is 5.68. The summed E-state index contributed by atoms with van der Waals surface area (Å²) in [6.07, 6.45) is 9.34. The lowest BCUT2D eigenvalue weighted by Crippen LogP contribution is -2.02. The molecule has 0 radical (unpaired) electrons. The fourth-order valence-electron chi connectivity index (χ4n) is 2.93. The van der Waals surface area contributed by atoms with Crippen molar-refractivity contribution in [3.05, 3.63) is 65.9 Å². The van der Waals surface area contributed by atoms with Gasteiger partial charge in [0, 0.05) is 29.7 Å². The van der Waals surface area contributed by atoms with Crippen LogP contribution in [-0.4, -0.2) is 19.9 Å². The standard InChI is InChI=1S/C18H15FN4O/c19-13-4-5-14(22-9-13)10-24-18-6-16(12-7-20-11-21-8-12)15-2-1-3-17(15)23-18/h4-9,11H,1-3,10H2. The average Bonchev–Trinajstić information content (AvgIpc) is 3.10. The van der Waals surface area contributed by atoms with E-state index in [2.05, 4.69) is 19.9 Å². The Morgan fingerprint density at radius 2 is 1.96 bits per heavy atom. The van der Waals surface area contributed by atoms with E-state index < -0.39 is 0 Å². The molecule has 0 saturated carbocycles. The fourth-order valence-corrected chi connectivity index (χ4v) is 2.93. The van der Waals surface area contributed by atoms with Gasteiger partial charge in [-0.2, -0.15) is 0 Å². The summed E-state index contributed by atoms with van der Waals surface area (Å²) in [6.45, 7) is 0.247. The Balaban J connectivity index is 1.63. The molecule has 0 fully saturated rings. The summed E-state index contributed by atoms with van der Waals surface area (Å²) < 4.78 is 18.7. The van der Waals surface area contributed by atoms with Gasteiger partial charge in [0.15, 0.2) is 0 Å². The van der Waals surface area contributed by atoms with Crippen molar-refractivity contribution in [3.63, 3.8) is 0 Å². The van der Waals surface area contributed by atoms with E-state index in [1.165, 1.54) is 24.2 Å². The van der Waals surface area contributed by atoms with Crippen molar-refractivity contribution in [2.75, 3.05) is 0 Å². The van der Waals surface area contributed by atoms with Gasteiger partial charge in [-0.05, 0) is 42.5 Å². The Labute approximate surface area is 138 Å². The normalized spacial score (nSPS) is 12.9. The van der Waals surface area contributed by atoms with Crippen molar-refractivity contribution >= 4 is 0 Å². The first kappa shape index (κ1) is 14.7. The lowest BCUT2D eigenvalue weighted by Gasteiger charge is -2.12. The third-order valence-corrected chi connectivity index (χ3v) is 4.05. The molecule has 5 nitrogen and oxygen atoms in total. The molecule has 0 aromatic carbocycles. The molecule has 0 saturated heterocycles. The van der Waals surface area contributed by atoms with Gasteiger partial charge in [0.1, 0.15) is 18.8 Å². The van der Waals surface area contributed by atoms with Crippen LogP contribution in [0.25, 0.3) is 11.1 Å². The number of rotatable bonds is 4. The maximum atomic E-state index is 12.9. The molecule has 0 aliphatic heterocycles. The van der Waals surface area contributed by atoms with Gasteiger partial charge >= 0.3 is 0 Å². The minimum atomic E-state index is -0.360. The third kappa shape index (κ3) is 2.95. The molecule has 6 heteroatoms. The van der Waals surface area contributed by atoms with E-state index in [1.807, 2.05) is 6.07 Å². The minimum absolute atomic E-state index is 0.247. The van der Waals surface area contributed by atoms with Crippen LogP contribution in [0.15, 0.2) is 43.1 Å². The number of halogens is 1. The molecule has 0 unspecified atom stereocenters. The highest BCUT2D eigenvalue weighted by atomic mass is 19.1. The topological polar surface area (TPSA) is 60.8 Å².